The highest BCUT2D eigenvalue weighted by Gasteiger charge is 2.38. The first-order valence-electron chi connectivity index (χ1n) is 6.22. The van der Waals surface area contributed by atoms with Crippen LogP contribution in [-0.2, 0) is 15.0 Å². The molecule has 0 unspecified atom stereocenters. The molecule has 1 rings (SSSR count). The first-order valence-corrected chi connectivity index (χ1v) is 7.61. The first kappa shape index (κ1) is 16.4. The van der Waals surface area contributed by atoms with Crippen LogP contribution in [0.15, 0.2) is 0 Å². The van der Waals surface area contributed by atoms with E-state index in [1.165, 1.54) is 11.4 Å². The molecule has 0 amide bonds. The van der Waals surface area contributed by atoms with Crippen molar-refractivity contribution in [1.82, 2.24) is 13.5 Å². The number of nitrogens with zero attached hydrogens (tertiary/aromatic N) is 3. The van der Waals surface area contributed by atoms with Gasteiger partial charge in [0.1, 0.15) is 0 Å². The van der Waals surface area contributed by atoms with Crippen LogP contribution in [0.25, 0.3) is 0 Å². The van der Waals surface area contributed by atoms with Gasteiger partial charge in [0.25, 0.3) is 10.2 Å². The molecule has 112 valence electrons. The summed E-state index contributed by atoms with van der Waals surface area (Å²) in [4.78, 5) is 12.6. The molecule has 1 saturated heterocycles. The Kier molecular flexibility index (Phi) is 4.94. The van der Waals surface area contributed by atoms with E-state index in [9.17, 15) is 13.2 Å². The number of hydrogen-bond donors (Lipinski definition) is 1. The fourth-order valence-corrected chi connectivity index (χ4v) is 3.47. The van der Waals surface area contributed by atoms with Gasteiger partial charge in [0.05, 0.1) is 6.42 Å². The molecule has 0 saturated carbocycles. The van der Waals surface area contributed by atoms with Crippen molar-refractivity contribution in [3.63, 3.8) is 0 Å². The number of carboxylic acids is 1. The van der Waals surface area contributed by atoms with Crippen LogP contribution in [0, 0.1) is 0 Å². The van der Waals surface area contributed by atoms with Crippen LogP contribution in [-0.4, -0.2) is 78.8 Å². The van der Waals surface area contributed by atoms with Crippen LogP contribution in [0.5, 0.6) is 0 Å². The van der Waals surface area contributed by atoms with Gasteiger partial charge in [-0.25, -0.2) is 0 Å². The highest BCUT2D eigenvalue weighted by Crippen LogP contribution is 2.22. The van der Waals surface area contributed by atoms with E-state index in [-0.39, 0.29) is 18.5 Å². The van der Waals surface area contributed by atoms with Crippen molar-refractivity contribution < 1.29 is 18.3 Å². The van der Waals surface area contributed by atoms with Crippen molar-refractivity contribution in [2.24, 2.45) is 0 Å². The third kappa shape index (κ3) is 3.88. The number of hydrogen-bond acceptors (Lipinski definition) is 4. The molecule has 0 aromatic rings. The highest BCUT2D eigenvalue weighted by molar-refractivity contribution is 7.86. The normalized spacial score (nSPS) is 21.7. The number of rotatable bonds is 5. The second-order valence-electron chi connectivity index (χ2n) is 5.54. The number of carbonyl (C=O) groups is 1. The maximum absolute atomic E-state index is 12.3. The molecule has 1 aliphatic heterocycles. The zero-order chi connectivity index (χ0) is 14.8. The molecule has 0 bridgehead atoms. The van der Waals surface area contributed by atoms with Crippen molar-refractivity contribution in [2.45, 2.75) is 25.8 Å². The van der Waals surface area contributed by atoms with Crippen molar-refractivity contribution in [3.8, 4) is 0 Å². The molecule has 0 aromatic carbocycles. The topological polar surface area (TPSA) is 81.2 Å². The Bertz CT molecular complexity index is 435. The van der Waals surface area contributed by atoms with Crippen LogP contribution in [0.4, 0.5) is 0 Å². The molecule has 7 nitrogen and oxygen atoms in total. The van der Waals surface area contributed by atoms with E-state index in [1.807, 2.05) is 20.9 Å². The summed E-state index contributed by atoms with van der Waals surface area (Å²) in [5.74, 6) is -0.999. The van der Waals surface area contributed by atoms with Gasteiger partial charge in [-0.1, -0.05) is 0 Å². The predicted molar refractivity (Wildman–Crippen MR) is 72.1 cm³/mol. The summed E-state index contributed by atoms with van der Waals surface area (Å²) in [5.41, 5.74) is -0.223. The molecular formula is C11H23N3O4S. The van der Waals surface area contributed by atoms with Gasteiger partial charge in [-0.2, -0.15) is 17.0 Å². The van der Waals surface area contributed by atoms with Crippen LogP contribution in [0.2, 0.25) is 0 Å². The second kappa shape index (κ2) is 5.74. The van der Waals surface area contributed by atoms with Crippen molar-refractivity contribution >= 4 is 16.2 Å². The molecule has 8 heteroatoms. The molecule has 0 atom stereocenters. The van der Waals surface area contributed by atoms with Gasteiger partial charge < -0.3 is 5.11 Å². The van der Waals surface area contributed by atoms with E-state index in [4.69, 9.17) is 5.11 Å². The maximum atomic E-state index is 12.3. The molecule has 0 spiro atoms. The number of likely N-dealkylation sites (N-methyl/N-ethyl adjacent to an activating group) is 1. The summed E-state index contributed by atoms with van der Waals surface area (Å²) in [6.07, 6.45) is -0.188. The van der Waals surface area contributed by atoms with E-state index < -0.39 is 16.2 Å². The van der Waals surface area contributed by atoms with Crippen LogP contribution < -0.4 is 0 Å². The second-order valence-corrected chi connectivity index (χ2v) is 7.58. The number of carboxylic acid groups (broad SMARTS) is 1. The largest absolute Gasteiger partial charge is 0.481 e. The lowest BCUT2D eigenvalue weighted by atomic mass is 10.0. The van der Waals surface area contributed by atoms with Crippen LogP contribution in [0.3, 0.4) is 0 Å². The summed E-state index contributed by atoms with van der Waals surface area (Å²) >= 11 is 0. The van der Waals surface area contributed by atoms with Gasteiger partial charge in [0, 0.05) is 38.8 Å². The van der Waals surface area contributed by atoms with E-state index in [2.05, 4.69) is 4.90 Å². The minimum Gasteiger partial charge on any atom is -0.481 e. The number of aliphatic carboxylic acids is 1. The van der Waals surface area contributed by atoms with Crippen molar-refractivity contribution in [2.75, 3.05) is 40.3 Å². The van der Waals surface area contributed by atoms with Gasteiger partial charge in [0.2, 0.25) is 0 Å². The van der Waals surface area contributed by atoms with E-state index in [0.717, 1.165) is 4.31 Å². The third-order valence-corrected chi connectivity index (χ3v) is 5.58. The lowest BCUT2D eigenvalue weighted by Gasteiger charge is -2.45. The molecule has 0 radical (unpaired) electrons. The highest BCUT2D eigenvalue weighted by atomic mass is 32.2. The van der Waals surface area contributed by atoms with Gasteiger partial charge in [-0.3, -0.25) is 9.69 Å². The van der Waals surface area contributed by atoms with Crippen molar-refractivity contribution in [1.29, 1.82) is 0 Å². The summed E-state index contributed by atoms with van der Waals surface area (Å²) in [6.45, 7) is 5.48. The molecule has 1 heterocycles. The predicted octanol–water partition coefficient (Wildman–Crippen LogP) is -0.336. The van der Waals surface area contributed by atoms with Crippen molar-refractivity contribution in [3.05, 3.63) is 0 Å². The lowest BCUT2D eigenvalue weighted by molar-refractivity contribution is -0.137. The van der Waals surface area contributed by atoms with Gasteiger partial charge >= 0.3 is 5.97 Å². The SMILES string of the molecule is CN1CCN(S(=O)(=O)N(C)CCC(=O)O)CC1(C)C. The summed E-state index contributed by atoms with van der Waals surface area (Å²) in [5, 5.41) is 8.61. The third-order valence-electron chi connectivity index (χ3n) is 3.64. The average Bonchev–Trinajstić information content (AvgIpc) is 2.29. The maximum Gasteiger partial charge on any atom is 0.304 e. The molecular weight excluding hydrogens is 270 g/mol. The zero-order valence-corrected chi connectivity index (χ0v) is 12.8. The Hall–Kier alpha value is -0.700. The zero-order valence-electron chi connectivity index (χ0n) is 12.0. The van der Waals surface area contributed by atoms with E-state index in [1.54, 1.807) is 0 Å². The minimum absolute atomic E-state index is 0.00949. The fraction of sp³-hybridized carbons (Fsp3) is 0.909. The fourth-order valence-electron chi connectivity index (χ4n) is 1.96. The van der Waals surface area contributed by atoms with Gasteiger partial charge in [0.15, 0.2) is 0 Å². The minimum atomic E-state index is -3.58. The van der Waals surface area contributed by atoms with Crippen LogP contribution >= 0.6 is 0 Å². The molecule has 0 aromatic heterocycles. The van der Waals surface area contributed by atoms with Gasteiger partial charge in [-0.15, -0.1) is 0 Å². The Balaban J connectivity index is 2.75. The first-order chi connectivity index (χ1) is 8.57. The van der Waals surface area contributed by atoms with E-state index >= 15 is 0 Å². The monoisotopic (exact) mass is 293 g/mol. The summed E-state index contributed by atoms with van der Waals surface area (Å²) in [6, 6.07) is 0. The molecule has 19 heavy (non-hydrogen) atoms. The van der Waals surface area contributed by atoms with E-state index in [0.29, 0.717) is 19.6 Å². The Labute approximate surface area is 115 Å². The average molecular weight is 293 g/mol. The molecule has 0 aliphatic carbocycles. The Morgan fingerprint density at radius 2 is 1.95 bits per heavy atom. The Morgan fingerprint density at radius 1 is 1.37 bits per heavy atom. The quantitative estimate of drug-likeness (QED) is 0.750. The van der Waals surface area contributed by atoms with Gasteiger partial charge in [-0.05, 0) is 20.9 Å². The summed E-state index contributed by atoms with van der Waals surface area (Å²) < 4.78 is 27.2. The smallest absolute Gasteiger partial charge is 0.304 e. The Morgan fingerprint density at radius 3 is 2.42 bits per heavy atom. The molecule has 1 aliphatic rings. The standard InChI is InChI=1S/C11H23N3O4S/c1-11(2)9-14(8-7-12(11)3)19(17,18)13(4)6-5-10(15)16/h5-9H2,1-4H3,(H,15,16). The lowest BCUT2D eigenvalue weighted by Crippen LogP contribution is -2.60. The molecule has 1 N–H and O–H groups in total. The molecule has 1 fully saturated rings. The van der Waals surface area contributed by atoms with Crippen LogP contribution in [0.1, 0.15) is 20.3 Å². The summed E-state index contributed by atoms with van der Waals surface area (Å²) in [7, 11) is -0.185. The number of piperazine rings is 1.